The van der Waals surface area contributed by atoms with Gasteiger partial charge in [-0.25, -0.2) is 4.39 Å². The molecule has 2 aromatic carbocycles. The number of amidine groups is 2. The molecule has 3 heterocycles. The van der Waals surface area contributed by atoms with Gasteiger partial charge in [-0.3, -0.25) is 15.2 Å². The maximum Gasteiger partial charge on any atom is 0.283 e. The van der Waals surface area contributed by atoms with Gasteiger partial charge in [-0.05, 0) is 65.4 Å². The van der Waals surface area contributed by atoms with Crippen LogP contribution in [0.25, 0.3) is 6.08 Å². The minimum Gasteiger partial charge on any atom is -0.489 e. The fourth-order valence-corrected chi connectivity index (χ4v) is 4.05. The van der Waals surface area contributed by atoms with Gasteiger partial charge in [0.2, 0.25) is 5.17 Å². The fraction of sp³-hybridized carbons (Fsp3) is 0.0417. The molecule has 162 valence electrons. The molecule has 0 atom stereocenters. The number of ether oxygens (including phenoxy) is 1. The molecule has 7 nitrogen and oxygen atoms in total. The third-order valence-corrected chi connectivity index (χ3v) is 5.83. The van der Waals surface area contributed by atoms with Crippen LogP contribution < -0.4 is 4.74 Å². The van der Waals surface area contributed by atoms with Crippen LogP contribution in [0.15, 0.2) is 88.7 Å². The summed E-state index contributed by atoms with van der Waals surface area (Å²) in [5, 5.41) is 15.3. The number of rotatable bonds is 5. The molecule has 2 aliphatic rings. The third kappa shape index (κ3) is 4.44. The van der Waals surface area contributed by atoms with Gasteiger partial charge in [0.15, 0.2) is 5.84 Å². The second-order valence-electron chi connectivity index (χ2n) is 7.15. The number of hydrogen-bond donors (Lipinski definition) is 1. The molecule has 0 fully saturated rings. The molecule has 1 amide bonds. The second kappa shape index (κ2) is 8.79. The summed E-state index contributed by atoms with van der Waals surface area (Å²) in [5.41, 5.74) is 2.52. The number of amides is 1. The van der Waals surface area contributed by atoms with Crippen LogP contribution in [-0.2, 0) is 11.4 Å². The standard InChI is InChI=1S/C24H16FN5O2S/c25-18-7-3-16(4-8-18)14-32-19-9-5-15(6-10-19)12-20-21(26)30-24(28-22(20)31)33-23(29-30)17-2-1-11-27-13-17/h1-13,26H,14H2/b20-12-,26-21?. The maximum absolute atomic E-state index is 13.0. The summed E-state index contributed by atoms with van der Waals surface area (Å²) in [4.78, 5) is 20.8. The van der Waals surface area contributed by atoms with Crippen LogP contribution >= 0.6 is 11.8 Å². The van der Waals surface area contributed by atoms with Crippen molar-refractivity contribution in [2.75, 3.05) is 0 Å². The Bertz CT molecular complexity index is 1320. The fourth-order valence-electron chi connectivity index (χ4n) is 3.17. The highest BCUT2D eigenvalue weighted by Crippen LogP contribution is 2.30. The molecule has 3 aromatic rings. The van der Waals surface area contributed by atoms with Crippen LogP contribution in [0.3, 0.4) is 0 Å². The number of aromatic nitrogens is 1. The molecule has 0 unspecified atom stereocenters. The minimum absolute atomic E-state index is 0.0342. The van der Waals surface area contributed by atoms with Crippen molar-refractivity contribution in [1.29, 1.82) is 5.41 Å². The Morgan fingerprint density at radius 3 is 2.61 bits per heavy atom. The summed E-state index contributed by atoms with van der Waals surface area (Å²) in [7, 11) is 0. The summed E-state index contributed by atoms with van der Waals surface area (Å²) in [5.74, 6) is -0.179. The highest BCUT2D eigenvalue weighted by molar-refractivity contribution is 8.27. The van der Waals surface area contributed by atoms with Crippen molar-refractivity contribution >= 4 is 39.8 Å². The van der Waals surface area contributed by atoms with Crippen LogP contribution in [-0.4, -0.2) is 31.9 Å². The van der Waals surface area contributed by atoms with Crippen molar-refractivity contribution in [3.05, 3.63) is 101 Å². The zero-order chi connectivity index (χ0) is 22.8. The van der Waals surface area contributed by atoms with Crippen molar-refractivity contribution < 1.29 is 13.9 Å². The van der Waals surface area contributed by atoms with E-state index in [9.17, 15) is 9.18 Å². The number of pyridine rings is 1. The quantitative estimate of drug-likeness (QED) is 0.571. The van der Waals surface area contributed by atoms with Gasteiger partial charge >= 0.3 is 0 Å². The predicted octanol–water partition coefficient (Wildman–Crippen LogP) is 4.47. The second-order valence-corrected chi connectivity index (χ2v) is 8.11. The lowest BCUT2D eigenvalue weighted by atomic mass is 10.1. The van der Waals surface area contributed by atoms with Crippen LogP contribution in [0.4, 0.5) is 4.39 Å². The van der Waals surface area contributed by atoms with E-state index in [-0.39, 0.29) is 17.2 Å². The Balaban J connectivity index is 1.31. The van der Waals surface area contributed by atoms with E-state index in [4.69, 9.17) is 10.1 Å². The Morgan fingerprint density at radius 1 is 1.09 bits per heavy atom. The van der Waals surface area contributed by atoms with Crippen molar-refractivity contribution in [2.45, 2.75) is 6.61 Å². The van der Waals surface area contributed by atoms with Crippen LogP contribution in [0, 0.1) is 11.2 Å². The van der Waals surface area contributed by atoms with Crippen LogP contribution in [0.5, 0.6) is 5.75 Å². The minimum atomic E-state index is -0.488. The van der Waals surface area contributed by atoms with E-state index >= 15 is 0 Å². The lowest BCUT2D eigenvalue weighted by Crippen LogP contribution is -2.35. The van der Waals surface area contributed by atoms with Gasteiger partial charge in [0.1, 0.15) is 23.2 Å². The normalized spacial score (nSPS) is 16.5. The number of halogens is 1. The van der Waals surface area contributed by atoms with Gasteiger partial charge in [-0.2, -0.15) is 15.1 Å². The molecule has 0 bridgehead atoms. The number of nitrogens with one attached hydrogen (secondary N) is 1. The van der Waals surface area contributed by atoms with Gasteiger partial charge in [0.25, 0.3) is 5.91 Å². The largest absolute Gasteiger partial charge is 0.489 e. The van der Waals surface area contributed by atoms with E-state index < -0.39 is 5.91 Å². The first-order chi connectivity index (χ1) is 16.1. The molecule has 1 N–H and O–H groups in total. The number of benzene rings is 2. The molecule has 0 spiro atoms. The highest BCUT2D eigenvalue weighted by atomic mass is 32.2. The predicted molar refractivity (Wildman–Crippen MR) is 126 cm³/mol. The molecule has 9 heteroatoms. The Labute approximate surface area is 192 Å². The molecule has 0 aliphatic carbocycles. The summed E-state index contributed by atoms with van der Waals surface area (Å²) >= 11 is 1.23. The topological polar surface area (TPSA) is 91.0 Å². The van der Waals surface area contributed by atoms with Crippen molar-refractivity contribution in [3.8, 4) is 5.75 Å². The summed E-state index contributed by atoms with van der Waals surface area (Å²) in [6, 6.07) is 16.9. The van der Waals surface area contributed by atoms with Crippen molar-refractivity contribution in [1.82, 2.24) is 9.99 Å². The van der Waals surface area contributed by atoms with E-state index in [1.807, 2.05) is 6.07 Å². The molecule has 0 saturated heterocycles. The average molecular weight is 457 g/mol. The molecule has 2 aliphatic heterocycles. The number of thioether (sulfide) groups is 1. The molecular weight excluding hydrogens is 441 g/mol. The molecular formula is C24H16FN5O2S. The van der Waals surface area contributed by atoms with Gasteiger partial charge < -0.3 is 4.74 Å². The van der Waals surface area contributed by atoms with E-state index in [1.54, 1.807) is 60.9 Å². The number of carbonyl (C=O) groups excluding carboxylic acids is 1. The number of hydrogen-bond acceptors (Lipinski definition) is 6. The van der Waals surface area contributed by atoms with Gasteiger partial charge in [0.05, 0.1) is 5.57 Å². The van der Waals surface area contributed by atoms with Gasteiger partial charge in [-0.15, -0.1) is 0 Å². The Kier molecular flexibility index (Phi) is 5.54. The van der Waals surface area contributed by atoms with Gasteiger partial charge in [-0.1, -0.05) is 24.3 Å². The Hall–Kier alpha value is -4.11. The maximum atomic E-state index is 13.0. The van der Waals surface area contributed by atoms with Gasteiger partial charge in [0, 0.05) is 18.0 Å². The van der Waals surface area contributed by atoms with Crippen molar-refractivity contribution in [2.24, 2.45) is 10.1 Å². The zero-order valence-corrected chi connectivity index (χ0v) is 17.9. The van der Waals surface area contributed by atoms with Crippen LogP contribution in [0.1, 0.15) is 16.7 Å². The highest BCUT2D eigenvalue weighted by Gasteiger charge is 2.36. The number of nitrogens with zero attached hydrogens (tertiary/aromatic N) is 4. The zero-order valence-electron chi connectivity index (χ0n) is 17.1. The molecule has 1 aromatic heterocycles. The van der Waals surface area contributed by atoms with E-state index in [0.717, 1.165) is 16.7 Å². The summed E-state index contributed by atoms with van der Waals surface area (Å²) in [6.45, 7) is 0.311. The first-order valence-electron chi connectivity index (χ1n) is 9.95. The number of fused-ring (bicyclic) bond motifs is 1. The molecule has 0 saturated carbocycles. The first kappa shape index (κ1) is 20.8. The number of hydrazone groups is 1. The molecule has 5 rings (SSSR count). The van der Waals surface area contributed by atoms with E-state index in [0.29, 0.717) is 22.6 Å². The summed E-state index contributed by atoms with van der Waals surface area (Å²) < 4.78 is 18.7. The molecule has 0 radical (unpaired) electrons. The monoisotopic (exact) mass is 457 g/mol. The number of carbonyl (C=O) groups is 1. The van der Waals surface area contributed by atoms with E-state index in [2.05, 4.69) is 15.1 Å². The SMILES string of the molecule is N=C1/C(=C/c2ccc(OCc3ccc(F)cc3)cc2)C(=O)N=C2SC(c3cccnc3)=NN12. The lowest BCUT2D eigenvalue weighted by molar-refractivity contribution is -0.114. The average Bonchev–Trinajstić information content (AvgIpc) is 3.27. The lowest BCUT2D eigenvalue weighted by Gasteiger charge is -2.20. The Morgan fingerprint density at radius 2 is 1.88 bits per heavy atom. The summed E-state index contributed by atoms with van der Waals surface area (Å²) in [6.07, 6.45) is 4.95. The smallest absolute Gasteiger partial charge is 0.283 e. The van der Waals surface area contributed by atoms with Crippen molar-refractivity contribution in [3.63, 3.8) is 0 Å². The molecule has 33 heavy (non-hydrogen) atoms. The van der Waals surface area contributed by atoms with Crippen LogP contribution in [0.2, 0.25) is 0 Å². The van der Waals surface area contributed by atoms with E-state index in [1.165, 1.54) is 28.9 Å². The first-order valence-corrected chi connectivity index (χ1v) is 10.8. The third-order valence-electron chi connectivity index (χ3n) is 4.87. The number of aliphatic imine (C=N–C) groups is 1.